The summed E-state index contributed by atoms with van der Waals surface area (Å²) in [7, 11) is 0. The molecule has 0 atom stereocenters. The minimum absolute atomic E-state index is 0.260. The van der Waals surface area contributed by atoms with Crippen LogP contribution in [0.2, 0.25) is 5.28 Å². The smallest absolute Gasteiger partial charge is 0.231 e. The zero-order valence-electron chi connectivity index (χ0n) is 13.0. The molecular formula is C14H25ClN6. The number of hydrogen-bond donors (Lipinski definition) is 1. The summed E-state index contributed by atoms with van der Waals surface area (Å²) >= 11 is 6.03. The number of halogens is 1. The quantitative estimate of drug-likeness (QED) is 0.833. The molecule has 1 aliphatic rings. The second-order valence-electron chi connectivity index (χ2n) is 5.23. The Bertz CT molecular complexity index is 431. The topological polar surface area (TPSA) is 57.2 Å². The molecule has 0 amide bonds. The van der Waals surface area contributed by atoms with Gasteiger partial charge in [0, 0.05) is 26.2 Å². The van der Waals surface area contributed by atoms with Crippen LogP contribution in [0.1, 0.15) is 33.1 Å². The summed E-state index contributed by atoms with van der Waals surface area (Å²) in [5.41, 5.74) is 0. The van der Waals surface area contributed by atoms with Gasteiger partial charge in [0.1, 0.15) is 0 Å². The highest BCUT2D eigenvalue weighted by Gasteiger charge is 2.15. The number of nitrogens with one attached hydrogen (secondary N) is 1. The lowest BCUT2D eigenvalue weighted by Gasteiger charge is -2.26. The highest BCUT2D eigenvalue weighted by Crippen LogP contribution is 2.18. The van der Waals surface area contributed by atoms with Crippen LogP contribution in [0, 0.1) is 0 Å². The molecular weight excluding hydrogens is 288 g/mol. The van der Waals surface area contributed by atoms with Gasteiger partial charge in [0.2, 0.25) is 17.2 Å². The van der Waals surface area contributed by atoms with Gasteiger partial charge < -0.3 is 15.1 Å². The van der Waals surface area contributed by atoms with Crippen molar-refractivity contribution in [3.8, 4) is 0 Å². The predicted octanol–water partition coefficient (Wildman–Crippen LogP) is 2.27. The average Bonchev–Trinajstić information content (AvgIpc) is 2.52. The van der Waals surface area contributed by atoms with Crippen LogP contribution in [0.15, 0.2) is 0 Å². The molecule has 1 fully saturated rings. The van der Waals surface area contributed by atoms with Gasteiger partial charge in [0.15, 0.2) is 0 Å². The molecule has 2 heterocycles. The largest absolute Gasteiger partial charge is 0.353 e. The second kappa shape index (κ2) is 8.34. The highest BCUT2D eigenvalue weighted by molar-refractivity contribution is 6.28. The summed E-state index contributed by atoms with van der Waals surface area (Å²) in [5, 5.41) is 3.51. The third-order valence-corrected chi connectivity index (χ3v) is 4.01. The Kier molecular flexibility index (Phi) is 6.45. The molecule has 1 N–H and O–H groups in total. The Labute approximate surface area is 131 Å². The third-order valence-electron chi connectivity index (χ3n) is 3.84. The molecule has 1 aromatic heterocycles. The molecule has 0 bridgehead atoms. The monoisotopic (exact) mass is 312 g/mol. The van der Waals surface area contributed by atoms with Crippen LogP contribution in [0.4, 0.5) is 11.9 Å². The molecule has 7 heteroatoms. The lowest BCUT2D eigenvalue weighted by molar-refractivity contribution is 0.316. The molecule has 0 radical (unpaired) electrons. The number of piperidine rings is 1. The van der Waals surface area contributed by atoms with Crippen molar-refractivity contribution < 1.29 is 0 Å². The predicted molar refractivity (Wildman–Crippen MR) is 87.2 cm³/mol. The molecule has 1 aromatic rings. The maximum absolute atomic E-state index is 6.03. The Hall–Kier alpha value is -1.14. The summed E-state index contributed by atoms with van der Waals surface area (Å²) in [5.74, 6) is 1.27. The Morgan fingerprint density at radius 1 is 1.10 bits per heavy atom. The van der Waals surface area contributed by atoms with Crippen LogP contribution >= 0.6 is 11.6 Å². The lowest BCUT2D eigenvalue weighted by atomic mass is 10.1. The van der Waals surface area contributed by atoms with E-state index in [0.29, 0.717) is 11.9 Å². The maximum atomic E-state index is 6.03. The van der Waals surface area contributed by atoms with E-state index in [9.17, 15) is 0 Å². The molecule has 0 saturated carbocycles. The van der Waals surface area contributed by atoms with E-state index in [-0.39, 0.29) is 5.28 Å². The molecule has 1 aliphatic heterocycles. The van der Waals surface area contributed by atoms with E-state index in [4.69, 9.17) is 11.6 Å². The van der Waals surface area contributed by atoms with Gasteiger partial charge in [0.05, 0.1) is 0 Å². The summed E-state index contributed by atoms with van der Waals surface area (Å²) in [6.45, 7) is 10.2. The van der Waals surface area contributed by atoms with Gasteiger partial charge in [0.25, 0.3) is 0 Å². The summed E-state index contributed by atoms with van der Waals surface area (Å²) in [4.78, 5) is 17.4. The van der Waals surface area contributed by atoms with Crippen molar-refractivity contribution in [2.45, 2.75) is 33.1 Å². The minimum Gasteiger partial charge on any atom is -0.353 e. The van der Waals surface area contributed by atoms with Gasteiger partial charge in [-0.1, -0.05) is 13.8 Å². The number of rotatable bonds is 7. The molecule has 0 aliphatic carbocycles. The highest BCUT2D eigenvalue weighted by atomic mass is 35.5. The van der Waals surface area contributed by atoms with Gasteiger partial charge >= 0.3 is 0 Å². The summed E-state index contributed by atoms with van der Waals surface area (Å²) < 4.78 is 0. The Morgan fingerprint density at radius 3 is 2.48 bits per heavy atom. The van der Waals surface area contributed by atoms with Gasteiger partial charge in [-0.15, -0.1) is 0 Å². The molecule has 6 nitrogen and oxygen atoms in total. The van der Waals surface area contributed by atoms with Crippen molar-refractivity contribution in [3.63, 3.8) is 0 Å². The fraction of sp³-hybridized carbons (Fsp3) is 0.786. The van der Waals surface area contributed by atoms with Crippen LogP contribution in [-0.4, -0.2) is 59.1 Å². The van der Waals surface area contributed by atoms with E-state index in [1.807, 2.05) is 0 Å². The van der Waals surface area contributed by atoms with Crippen LogP contribution in [0.5, 0.6) is 0 Å². The van der Waals surface area contributed by atoms with Crippen LogP contribution in [0.25, 0.3) is 0 Å². The number of nitrogens with zero attached hydrogens (tertiary/aromatic N) is 5. The number of hydrogen-bond acceptors (Lipinski definition) is 6. The fourth-order valence-electron chi connectivity index (χ4n) is 2.52. The molecule has 2 rings (SSSR count). The van der Waals surface area contributed by atoms with Crippen LogP contribution in [0.3, 0.4) is 0 Å². The van der Waals surface area contributed by atoms with E-state index >= 15 is 0 Å². The summed E-state index contributed by atoms with van der Waals surface area (Å²) in [6, 6.07) is 0. The van der Waals surface area contributed by atoms with Gasteiger partial charge in [-0.05, 0) is 44.0 Å². The van der Waals surface area contributed by atoms with Crippen LogP contribution in [-0.2, 0) is 0 Å². The van der Waals surface area contributed by atoms with E-state index < -0.39 is 0 Å². The van der Waals surface area contributed by atoms with Crippen molar-refractivity contribution in [3.05, 3.63) is 5.28 Å². The van der Waals surface area contributed by atoms with Gasteiger partial charge in [-0.3, -0.25) is 0 Å². The van der Waals surface area contributed by atoms with Crippen molar-refractivity contribution in [2.24, 2.45) is 0 Å². The molecule has 0 aromatic carbocycles. The number of aromatic nitrogens is 3. The molecule has 0 spiro atoms. The van der Waals surface area contributed by atoms with E-state index in [0.717, 1.165) is 39.3 Å². The number of likely N-dealkylation sites (N-methyl/N-ethyl adjacent to an activating group) is 1. The first kappa shape index (κ1) is 16.2. The Balaban J connectivity index is 1.94. The van der Waals surface area contributed by atoms with Crippen molar-refractivity contribution in [2.75, 3.05) is 49.5 Å². The maximum Gasteiger partial charge on any atom is 0.231 e. The number of anilines is 2. The van der Waals surface area contributed by atoms with Crippen LogP contribution < -0.4 is 10.2 Å². The lowest BCUT2D eigenvalue weighted by Crippen LogP contribution is -2.32. The minimum atomic E-state index is 0.260. The zero-order chi connectivity index (χ0) is 15.1. The average molecular weight is 313 g/mol. The van der Waals surface area contributed by atoms with Crippen molar-refractivity contribution in [1.82, 2.24) is 19.9 Å². The third kappa shape index (κ3) is 4.97. The fourth-order valence-corrected chi connectivity index (χ4v) is 2.68. The van der Waals surface area contributed by atoms with Crippen molar-refractivity contribution >= 4 is 23.5 Å². The van der Waals surface area contributed by atoms with Gasteiger partial charge in [-0.25, -0.2) is 0 Å². The first-order valence-electron chi connectivity index (χ1n) is 7.85. The zero-order valence-corrected chi connectivity index (χ0v) is 13.7. The molecule has 1 saturated heterocycles. The molecule has 118 valence electrons. The normalized spacial score (nSPS) is 15.5. The summed E-state index contributed by atoms with van der Waals surface area (Å²) in [6.07, 6.45) is 3.66. The van der Waals surface area contributed by atoms with E-state index in [1.165, 1.54) is 19.3 Å². The Morgan fingerprint density at radius 2 is 1.81 bits per heavy atom. The van der Waals surface area contributed by atoms with Crippen molar-refractivity contribution in [1.29, 1.82) is 0 Å². The first-order valence-corrected chi connectivity index (χ1v) is 8.23. The second-order valence-corrected chi connectivity index (χ2v) is 5.57. The molecule has 21 heavy (non-hydrogen) atoms. The molecule has 0 unspecified atom stereocenters. The standard InChI is InChI=1S/C14H25ClN6/c1-3-20(4-2)11-8-16-13-17-12(15)18-14(19-13)21-9-6-5-7-10-21/h3-11H2,1-2H3,(H,16,17,18,19). The SMILES string of the molecule is CCN(CC)CCNc1nc(Cl)nc(N2CCCCC2)n1. The first-order chi connectivity index (χ1) is 10.2. The van der Waals surface area contributed by atoms with Gasteiger partial charge in [-0.2, -0.15) is 15.0 Å². The van der Waals surface area contributed by atoms with E-state index in [1.54, 1.807) is 0 Å². The van der Waals surface area contributed by atoms with E-state index in [2.05, 4.69) is 43.9 Å².